The van der Waals surface area contributed by atoms with Crippen molar-refractivity contribution < 1.29 is 0 Å². The third kappa shape index (κ3) is 4.05. The third-order valence-corrected chi connectivity index (χ3v) is 3.83. The maximum absolute atomic E-state index is 4.64. The number of hydrogen-bond acceptors (Lipinski definition) is 3. The highest BCUT2D eigenvalue weighted by Crippen LogP contribution is 2.28. The minimum atomic E-state index is 0.820. The van der Waals surface area contributed by atoms with Gasteiger partial charge in [-0.05, 0) is 54.5 Å². The lowest BCUT2D eigenvalue weighted by Crippen LogP contribution is -2.21. The predicted molar refractivity (Wildman–Crippen MR) is 93.2 cm³/mol. The first kappa shape index (κ1) is 16.0. The van der Waals surface area contributed by atoms with Crippen molar-refractivity contribution in [1.82, 2.24) is 10.3 Å². The van der Waals surface area contributed by atoms with Crippen molar-refractivity contribution in [2.24, 2.45) is 0 Å². The Balaban J connectivity index is 2.39. The van der Waals surface area contributed by atoms with E-state index in [-0.39, 0.29) is 0 Å². The summed E-state index contributed by atoms with van der Waals surface area (Å²) in [5, 5.41) is 3.38. The summed E-state index contributed by atoms with van der Waals surface area (Å²) in [5.74, 6) is 1.02. The van der Waals surface area contributed by atoms with Crippen LogP contribution in [-0.2, 0) is 6.54 Å². The summed E-state index contributed by atoms with van der Waals surface area (Å²) in [6, 6.07) is 10.7. The second-order valence-corrected chi connectivity index (χ2v) is 5.91. The van der Waals surface area contributed by atoms with Crippen molar-refractivity contribution >= 4 is 27.4 Å². The number of rotatable bonds is 6. The van der Waals surface area contributed by atoms with Crippen molar-refractivity contribution in [1.29, 1.82) is 0 Å². The molecule has 0 fully saturated rings. The van der Waals surface area contributed by atoms with Gasteiger partial charge in [-0.25, -0.2) is 4.98 Å². The third-order valence-electron chi connectivity index (χ3n) is 3.39. The van der Waals surface area contributed by atoms with Gasteiger partial charge < -0.3 is 10.2 Å². The number of nitrogens with one attached hydrogen (secondary N) is 1. The van der Waals surface area contributed by atoms with E-state index in [0.717, 1.165) is 29.9 Å². The first-order chi connectivity index (χ1) is 10.2. The minimum Gasteiger partial charge on any atom is -0.326 e. The van der Waals surface area contributed by atoms with Crippen LogP contribution in [0.25, 0.3) is 0 Å². The molecule has 2 aromatic rings. The van der Waals surface area contributed by atoms with Gasteiger partial charge in [0.1, 0.15) is 5.82 Å². The van der Waals surface area contributed by atoms with Crippen molar-refractivity contribution in [2.45, 2.75) is 27.3 Å². The molecular weight excluding hydrogens is 326 g/mol. The van der Waals surface area contributed by atoms with E-state index in [4.69, 9.17) is 0 Å². The van der Waals surface area contributed by atoms with Crippen LogP contribution in [0.3, 0.4) is 0 Å². The molecule has 0 saturated carbocycles. The number of pyridine rings is 1. The lowest BCUT2D eigenvalue weighted by atomic mass is 10.2. The molecule has 4 heteroatoms. The molecule has 112 valence electrons. The average Bonchev–Trinajstić information content (AvgIpc) is 2.49. The summed E-state index contributed by atoms with van der Waals surface area (Å²) in [6.07, 6.45) is 1.86. The summed E-state index contributed by atoms with van der Waals surface area (Å²) in [6.45, 7) is 9.03. The molecule has 0 amide bonds. The largest absolute Gasteiger partial charge is 0.326 e. The highest BCUT2D eigenvalue weighted by atomic mass is 79.9. The van der Waals surface area contributed by atoms with Crippen molar-refractivity contribution in [3.63, 3.8) is 0 Å². The molecule has 0 aliphatic rings. The number of benzene rings is 1. The van der Waals surface area contributed by atoms with Gasteiger partial charge in [-0.2, -0.15) is 0 Å². The second-order valence-electron chi connectivity index (χ2n) is 5.00. The zero-order valence-electron chi connectivity index (χ0n) is 12.9. The highest BCUT2D eigenvalue weighted by Gasteiger charge is 2.13. The van der Waals surface area contributed by atoms with E-state index in [2.05, 4.69) is 82.2 Å². The zero-order chi connectivity index (χ0) is 15.2. The van der Waals surface area contributed by atoms with Gasteiger partial charge in [0, 0.05) is 35.0 Å². The SMILES string of the molecule is CCNCc1cc(Br)cnc1N(CC)c1ccc(C)cc1. The molecule has 0 bridgehead atoms. The molecule has 0 unspecified atom stereocenters. The summed E-state index contributed by atoms with van der Waals surface area (Å²) in [7, 11) is 0. The van der Waals surface area contributed by atoms with Gasteiger partial charge >= 0.3 is 0 Å². The van der Waals surface area contributed by atoms with E-state index >= 15 is 0 Å². The van der Waals surface area contributed by atoms with Crippen LogP contribution >= 0.6 is 15.9 Å². The quantitative estimate of drug-likeness (QED) is 0.838. The Hall–Kier alpha value is -1.39. The van der Waals surface area contributed by atoms with E-state index in [0.29, 0.717) is 0 Å². The van der Waals surface area contributed by atoms with Gasteiger partial charge in [-0.15, -0.1) is 0 Å². The van der Waals surface area contributed by atoms with Gasteiger partial charge in [0.25, 0.3) is 0 Å². The first-order valence-corrected chi connectivity index (χ1v) is 8.14. The van der Waals surface area contributed by atoms with E-state index in [9.17, 15) is 0 Å². The summed E-state index contributed by atoms with van der Waals surface area (Å²) in [5.41, 5.74) is 3.65. The maximum Gasteiger partial charge on any atom is 0.137 e. The minimum absolute atomic E-state index is 0.820. The zero-order valence-corrected chi connectivity index (χ0v) is 14.4. The van der Waals surface area contributed by atoms with Crippen molar-refractivity contribution in [2.75, 3.05) is 18.0 Å². The fourth-order valence-corrected chi connectivity index (χ4v) is 2.66. The van der Waals surface area contributed by atoms with Gasteiger partial charge in [-0.3, -0.25) is 0 Å². The van der Waals surface area contributed by atoms with Crippen LogP contribution in [0.5, 0.6) is 0 Å². The first-order valence-electron chi connectivity index (χ1n) is 7.35. The molecule has 0 spiro atoms. The molecule has 1 heterocycles. The smallest absolute Gasteiger partial charge is 0.137 e. The Morgan fingerprint density at radius 1 is 1.19 bits per heavy atom. The molecule has 0 atom stereocenters. The molecule has 2 rings (SSSR count). The van der Waals surface area contributed by atoms with Gasteiger partial charge in [0.05, 0.1) is 0 Å². The Morgan fingerprint density at radius 2 is 1.90 bits per heavy atom. The second kappa shape index (κ2) is 7.57. The van der Waals surface area contributed by atoms with Crippen LogP contribution in [0.15, 0.2) is 41.0 Å². The number of aryl methyl sites for hydroxylation is 1. The van der Waals surface area contributed by atoms with Gasteiger partial charge in [0.2, 0.25) is 0 Å². The fourth-order valence-electron chi connectivity index (χ4n) is 2.29. The van der Waals surface area contributed by atoms with E-state index in [1.54, 1.807) is 0 Å². The standard InChI is InChI=1S/C17H22BrN3/c1-4-19-11-14-10-15(18)12-20-17(14)21(5-2)16-8-6-13(3)7-9-16/h6-10,12,19H,4-5,11H2,1-3H3. The fraction of sp³-hybridized carbons (Fsp3) is 0.353. The maximum atomic E-state index is 4.64. The Kier molecular flexibility index (Phi) is 5.76. The predicted octanol–water partition coefficient (Wildman–Crippen LogP) is 4.42. The molecule has 0 radical (unpaired) electrons. The molecule has 0 saturated heterocycles. The van der Waals surface area contributed by atoms with Crippen LogP contribution in [0.1, 0.15) is 25.0 Å². The topological polar surface area (TPSA) is 28.2 Å². The summed E-state index contributed by atoms with van der Waals surface area (Å²) >= 11 is 3.52. The van der Waals surface area contributed by atoms with Crippen LogP contribution < -0.4 is 10.2 Å². The van der Waals surface area contributed by atoms with E-state index in [1.807, 2.05) is 6.20 Å². The van der Waals surface area contributed by atoms with Gasteiger partial charge in [-0.1, -0.05) is 24.6 Å². The number of halogens is 1. The van der Waals surface area contributed by atoms with Crippen LogP contribution in [0, 0.1) is 6.92 Å². The van der Waals surface area contributed by atoms with E-state index in [1.165, 1.54) is 16.8 Å². The van der Waals surface area contributed by atoms with Crippen LogP contribution in [-0.4, -0.2) is 18.1 Å². The lowest BCUT2D eigenvalue weighted by Gasteiger charge is -2.25. The Morgan fingerprint density at radius 3 is 2.52 bits per heavy atom. The van der Waals surface area contributed by atoms with Crippen molar-refractivity contribution in [3.05, 3.63) is 52.1 Å². The monoisotopic (exact) mass is 347 g/mol. The highest BCUT2D eigenvalue weighted by molar-refractivity contribution is 9.10. The molecule has 0 aliphatic heterocycles. The normalized spacial score (nSPS) is 10.7. The average molecular weight is 348 g/mol. The summed E-state index contributed by atoms with van der Waals surface area (Å²) in [4.78, 5) is 6.89. The van der Waals surface area contributed by atoms with Crippen LogP contribution in [0.4, 0.5) is 11.5 Å². The molecule has 1 N–H and O–H groups in total. The molecule has 21 heavy (non-hydrogen) atoms. The lowest BCUT2D eigenvalue weighted by molar-refractivity contribution is 0.722. The van der Waals surface area contributed by atoms with Gasteiger partial charge in [0.15, 0.2) is 0 Å². The summed E-state index contributed by atoms with van der Waals surface area (Å²) < 4.78 is 1.01. The number of nitrogens with zero attached hydrogens (tertiary/aromatic N) is 2. The number of hydrogen-bond donors (Lipinski definition) is 1. The number of anilines is 2. The molecule has 3 nitrogen and oxygen atoms in total. The Bertz CT molecular complexity index is 581. The van der Waals surface area contributed by atoms with E-state index < -0.39 is 0 Å². The molecule has 1 aromatic heterocycles. The van der Waals surface area contributed by atoms with Crippen molar-refractivity contribution in [3.8, 4) is 0 Å². The molecular formula is C17H22BrN3. The molecule has 0 aliphatic carbocycles. The Labute approximate surface area is 135 Å². The van der Waals surface area contributed by atoms with Crippen LogP contribution in [0.2, 0.25) is 0 Å². The number of aromatic nitrogens is 1. The molecule has 1 aromatic carbocycles.